The summed E-state index contributed by atoms with van der Waals surface area (Å²) in [5.41, 5.74) is 0.970. The van der Waals surface area contributed by atoms with Crippen molar-refractivity contribution in [2.75, 3.05) is 7.11 Å². The number of ether oxygens (including phenoxy) is 2. The Morgan fingerprint density at radius 1 is 1.33 bits per heavy atom. The first-order valence-corrected chi connectivity index (χ1v) is 5.00. The van der Waals surface area contributed by atoms with Crippen molar-refractivity contribution in [3.8, 4) is 5.75 Å². The fourth-order valence-corrected chi connectivity index (χ4v) is 1.22. The first kappa shape index (κ1) is 11.6. The molecule has 3 nitrogen and oxygen atoms in total. The van der Waals surface area contributed by atoms with E-state index in [1.807, 2.05) is 31.2 Å². The number of rotatable bonds is 4. The van der Waals surface area contributed by atoms with Crippen molar-refractivity contribution in [2.45, 2.75) is 26.4 Å². The lowest BCUT2D eigenvalue weighted by Gasteiger charge is -2.13. The standard InChI is InChI=1S/C12H16O3/c1-4-12(13)15-9(2)10-5-7-11(14-3)8-6-10/h5-9H,4H2,1-3H3/t9-/m0/s1. The zero-order valence-electron chi connectivity index (χ0n) is 9.32. The Balaban J connectivity index is 2.65. The Morgan fingerprint density at radius 3 is 2.40 bits per heavy atom. The second-order valence-electron chi connectivity index (χ2n) is 3.26. The summed E-state index contributed by atoms with van der Waals surface area (Å²) < 4.78 is 10.2. The summed E-state index contributed by atoms with van der Waals surface area (Å²) in [7, 11) is 1.62. The molecular weight excluding hydrogens is 192 g/mol. The van der Waals surface area contributed by atoms with Crippen LogP contribution in [0.3, 0.4) is 0 Å². The molecular formula is C12H16O3. The van der Waals surface area contributed by atoms with Crippen molar-refractivity contribution in [2.24, 2.45) is 0 Å². The minimum Gasteiger partial charge on any atom is -0.497 e. The quantitative estimate of drug-likeness (QED) is 0.714. The van der Waals surface area contributed by atoms with Crippen LogP contribution in [-0.2, 0) is 9.53 Å². The Kier molecular flexibility index (Phi) is 4.16. The molecule has 0 spiro atoms. The van der Waals surface area contributed by atoms with Crippen molar-refractivity contribution in [3.63, 3.8) is 0 Å². The van der Waals surface area contributed by atoms with E-state index >= 15 is 0 Å². The second kappa shape index (κ2) is 5.39. The highest BCUT2D eigenvalue weighted by Crippen LogP contribution is 2.20. The molecule has 1 atom stereocenters. The fraction of sp³-hybridized carbons (Fsp3) is 0.417. The topological polar surface area (TPSA) is 35.5 Å². The van der Waals surface area contributed by atoms with Gasteiger partial charge in [-0.05, 0) is 24.6 Å². The van der Waals surface area contributed by atoms with Crippen LogP contribution in [0.2, 0.25) is 0 Å². The van der Waals surface area contributed by atoms with Gasteiger partial charge in [-0.1, -0.05) is 19.1 Å². The maximum atomic E-state index is 11.1. The van der Waals surface area contributed by atoms with Crippen LogP contribution in [0.25, 0.3) is 0 Å². The van der Waals surface area contributed by atoms with Crippen LogP contribution in [0.15, 0.2) is 24.3 Å². The SMILES string of the molecule is CCC(=O)O[C@@H](C)c1ccc(OC)cc1. The summed E-state index contributed by atoms with van der Waals surface area (Å²) in [5.74, 6) is 0.617. The third-order valence-corrected chi connectivity index (χ3v) is 2.18. The first-order valence-electron chi connectivity index (χ1n) is 5.00. The molecule has 0 heterocycles. The minimum atomic E-state index is -0.205. The highest BCUT2D eigenvalue weighted by atomic mass is 16.5. The molecule has 1 aromatic carbocycles. The molecule has 0 fully saturated rings. The van der Waals surface area contributed by atoms with Crippen LogP contribution in [0, 0.1) is 0 Å². The summed E-state index contributed by atoms with van der Waals surface area (Å²) >= 11 is 0. The van der Waals surface area contributed by atoms with E-state index in [0.29, 0.717) is 6.42 Å². The van der Waals surface area contributed by atoms with Crippen molar-refractivity contribution < 1.29 is 14.3 Å². The van der Waals surface area contributed by atoms with Crippen molar-refractivity contribution in [1.29, 1.82) is 0 Å². The molecule has 1 rings (SSSR count). The lowest BCUT2D eigenvalue weighted by Crippen LogP contribution is -2.07. The molecule has 82 valence electrons. The molecule has 0 aromatic heterocycles. The van der Waals surface area contributed by atoms with Crippen LogP contribution >= 0.6 is 0 Å². The van der Waals surface area contributed by atoms with E-state index in [1.54, 1.807) is 14.0 Å². The predicted octanol–water partition coefficient (Wildman–Crippen LogP) is 2.71. The average Bonchev–Trinajstić information content (AvgIpc) is 2.29. The molecule has 0 radical (unpaired) electrons. The van der Waals surface area contributed by atoms with Gasteiger partial charge in [0, 0.05) is 6.42 Å². The van der Waals surface area contributed by atoms with Crippen LogP contribution < -0.4 is 4.74 Å². The highest BCUT2D eigenvalue weighted by molar-refractivity contribution is 5.69. The lowest BCUT2D eigenvalue weighted by molar-refractivity contribution is -0.148. The van der Waals surface area contributed by atoms with Crippen LogP contribution in [0.5, 0.6) is 5.75 Å². The van der Waals surface area contributed by atoms with Gasteiger partial charge in [-0.2, -0.15) is 0 Å². The summed E-state index contributed by atoms with van der Waals surface area (Å²) in [5, 5.41) is 0. The van der Waals surface area contributed by atoms with Gasteiger partial charge in [0.15, 0.2) is 0 Å². The number of methoxy groups -OCH3 is 1. The first-order chi connectivity index (χ1) is 7.17. The Bertz CT molecular complexity index is 316. The molecule has 0 saturated heterocycles. The zero-order valence-corrected chi connectivity index (χ0v) is 9.32. The van der Waals surface area contributed by atoms with E-state index < -0.39 is 0 Å². The number of hydrogen-bond donors (Lipinski definition) is 0. The van der Waals surface area contributed by atoms with Crippen molar-refractivity contribution in [1.82, 2.24) is 0 Å². The Hall–Kier alpha value is -1.51. The molecule has 0 unspecified atom stereocenters. The maximum Gasteiger partial charge on any atom is 0.306 e. The van der Waals surface area contributed by atoms with E-state index in [4.69, 9.17) is 9.47 Å². The largest absolute Gasteiger partial charge is 0.497 e. The number of carbonyl (C=O) groups is 1. The molecule has 0 aliphatic carbocycles. The zero-order chi connectivity index (χ0) is 11.3. The number of esters is 1. The molecule has 0 bridgehead atoms. The average molecular weight is 208 g/mol. The van der Waals surface area contributed by atoms with E-state index in [2.05, 4.69) is 0 Å². The van der Waals surface area contributed by atoms with Crippen LogP contribution in [0.4, 0.5) is 0 Å². The van der Waals surface area contributed by atoms with Crippen LogP contribution in [0.1, 0.15) is 31.9 Å². The minimum absolute atomic E-state index is 0.182. The van der Waals surface area contributed by atoms with Gasteiger partial charge in [-0.15, -0.1) is 0 Å². The van der Waals surface area contributed by atoms with Gasteiger partial charge in [0.05, 0.1) is 7.11 Å². The molecule has 0 amide bonds. The third-order valence-electron chi connectivity index (χ3n) is 2.18. The molecule has 0 N–H and O–H groups in total. The van der Waals surface area contributed by atoms with Gasteiger partial charge < -0.3 is 9.47 Å². The molecule has 1 aromatic rings. The summed E-state index contributed by atoms with van der Waals surface area (Å²) in [6.45, 7) is 3.64. The van der Waals surface area contributed by atoms with Gasteiger partial charge in [0.1, 0.15) is 11.9 Å². The Morgan fingerprint density at radius 2 is 1.93 bits per heavy atom. The van der Waals surface area contributed by atoms with Gasteiger partial charge in [0.2, 0.25) is 0 Å². The number of carbonyl (C=O) groups excluding carboxylic acids is 1. The van der Waals surface area contributed by atoms with Gasteiger partial charge in [-0.3, -0.25) is 4.79 Å². The molecule has 3 heteroatoms. The molecule has 0 aliphatic heterocycles. The highest BCUT2D eigenvalue weighted by Gasteiger charge is 2.09. The van der Waals surface area contributed by atoms with Crippen molar-refractivity contribution in [3.05, 3.63) is 29.8 Å². The smallest absolute Gasteiger partial charge is 0.306 e. The maximum absolute atomic E-state index is 11.1. The van der Waals surface area contributed by atoms with Gasteiger partial charge >= 0.3 is 5.97 Å². The van der Waals surface area contributed by atoms with E-state index in [1.165, 1.54) is 0 Å². The normalized spacial score (nSPS) is 11.9. The number of benzene rings is 1. The van der Waals surface area contributed by atoms with E-state index in [9.17, 15) is 4.79 Å². The third kappa shape index (κ3) is 3.27. The molecule has 0 aliphatic rings. The summed E-state index contributed by atoms with van der Waals surface area (Å²) in [4.78, 5) is 11.1. The molecule has 0 saturated carbocycles. The number of hydrogen-bond acceptors (Lipinski definition) is 3. The predicted molar refractivity (Wildman–Crippen MR) is 57.8 cm³/mol. The fourth-order valence-electron chi connectivity index (χ4n) is 1.22. The van der Waals surface area contributed by atoms with Gasteiger partial charge in [0.25, 0.3) is 0 Å². The second-order valence-corrected chi connectivity index (χ2v) is 3.26. The van der Waals surface area contributed by atoms with E-state index in [-0.39, 0.29) is 12.1 Å². The molecule has 15 heavy (non-hydrogen) atoms. The summed E-state index contributed by atoms with van der Waals surface area (Å²) in [6.07, 6.45) is 0.198. The van der Waals surface area contributed by atoms with E-state index in [0.717, 1.165) is 11.3 Å². The van der Waals surface area contributed by atoms with Crippen molar-refractivity contribution >= 4 is 5.97 Å². The monoisotopic (exact) mass is 208 g/mol. The summed E-state index contributed by atoms with van der Waals surface area (Å²) in [6, 6.07) is 7.50. The van der Waals surface area contributed by atoms with Crippen LogP contribution in [-0.4, -0.2) is 13.1 Å². The Labute approximate surface area is 90.0 Å². The lowest BCUT2D eigenvalue weighted by atomic mass is 10.1. The van der Waals surface area contributed by atoms with Gasteiger partial charge in [-0.25, -0.2) is 0 Å².